The third kappa shape index (κ3) is 11.8. The lowest BCUT2D eigenvalue weighted by molar-refractivity contribution is -0.141. The minimum atomic E-state index is -0.165. The zero-order valence-electron chi connectivity index (χ0n) is 8.67. The maximum absolute atomic E-state index is 10.4. The van der Waals surface area contributed by atoms with Crippen molar-refractivity contribution in [2.24, 2.45) is 0 Å². The van der Waals surface area contributed by atoms with E-state index in [2.05, 4.69) is 6.92 Å². The first-order chi connectivity index (χ1) is 6.27. The predicted molar refractivity (Wildman–Crippen MR) is 58.1 cm³/mol. The number of ether oxygens (including phenoxy) is 1. The van der Waals surface area contributed by atoms with E-state index in [0.29, 0.717) is 6.61 Å². The lowest BCUT2D eigenvalue weighted by Gasteiger charge is -2.01. The second kappa shape index (κ2) is 9.90. The molecule has 3 heteroatoms. The first-order valence-corrected chi connectivity index (χ1v) is 6.14. The molecule has 0 spiro atoms. The fraction of sp³-hybridized carbons (Fsp3) is 0.900. The molecule has 0 aromatic rings. The van der Waals surface area contributed by atoms with Crippen LogP contribution in [0.4, 0.5) is 0 Å². The molecule has 13 heavy (non-hydrogen) atoms. The molecule has 0 aromatic heterocycles. The van der Waals surface area contributed by atoms with E-state index in [1.54, 1.807) is 0 Å². The van der Waals surface area contributed by atoms with Crippen LogP contribution >= 0.6 is 11.8 Å². The van der Waals surface area contributed by atoms with E-state index in [9.17, 15) is 4.79 Å². The Morgan fingerprint density at radius 3 is 2.54 bits per heavy atom. The number of carbonyl (C=O) groups excluding carboxylic acids is 1. The normalized spacial score (nSPS) is 10.0. The van der Waals surface area contributed by atoms with Gasteiger partial charge < -0.3 is 4.74 Å². The van der Waals surface area contributed by atoms with E-state index < -0.39 is 0 Å². The van der Waals surface area contributed by atoms with E-state index >= 15 is 0 Å². The lowest BCUT2D eigenvalue weighted by atomic mass is 10.2. The highest BCUT2D eigenvalue weighted by Gasteiger charge is 1.93. The van der Waals surface area contributed by atoms with Gasteiger partial charge in [-0.1, -0.05) is 19.8 Å². The zero-order chi connectivity index (χ0) is 9.94. The van der Waals surface area contributed by atoms with E-state index in [4.69, 9.17) is 4.74 Å². The number of hydrogen-bond donors (Lipinski definition) is 0. The molecule has 0 atom stereocenters. The third-order valence-corrected chi connectivity index (χ3v) is 2.68. The van der Waals surface area contributed by atoms with Crippen molar-refractivity contribution in [3.05, 3.63) is 0 Å². The summed E-state index contributed by atoms with van der Waals surface area (Å²) >= 11 is 1.99. The molecular formula is C10H20O2S. The lowest BCUT2D eigenvalue weighted by Crippen LogP contribution is -2.00. The van der Waals surface area contributed by atoms with Gasteiger partial charge in [0.15, 0.2) is 0 Å². The largest absolute Gasteiger partial charge is 0.466 e. The Morgan fingerprint density at radius 1 is 1.23 bits per heavy atom. The van der Waals surface area contributed by atoms with Crippen LogP contribution in [0, 0.1) is 0 Å². The highest BCUT2D eigenvalue weighted by Crippen LogP contribution is 2.06. The summed E-state index contributed by atoms with van der Waals surface area (Å²) in [5.74, 6) is 2.32. The summed E-state index contributed by atoms with van der Waals surface area (Å²) in [6.45, 7) is 4.24. The van der Waals surface area contributed by atoms with Gasteiger partial charge in [-0.25, -0.2) is 0 Å². The van der Waals surface area contributed by atoms with Crippen molar-refractivity contribution in [1.82, 2.24) is 0 Å². The first-order valence-electron chi connectivity index (χ1n) is 4.98. The minimum Gasteiger partial charge on any atom is -0.466 e. The second-order valence-electron chi connectivity index (χ2n) is 2.95. The molecule has 0 rings (SSSR count). The fourth-order valence-electron chi connectivity index (χ4n) is 1.02. The van der Waals surface area contributed by atoms with Gasteiger partial charge in [-0.05, 0) is 24.3 Å². The van der Waals surface area contributed by atoms with Crippen LogP contribution in [0.3, 0.4) is 0 Å². The summed E-state index contributed by atoms with van der Waals surface area (Å²) in [5, 5.41) is 0. The van der Waals surface area contributed by atoms with E-state index in [1.165, 1.54) is 37.7 Å². The average Bonchev–Trinajstić information content (AvgIpc) is 2.09. The zero-order valence-corrected chi connectivity index (χ0v) is 9.49. The van der Waals surface area contributed by atoms with Crippen molar-refractivity contribution in [2.45, 2.75) is 39.5 Å². The van der Waals surface area contributed by atoms with Gasteiger partial charge in [-0.3, -0.25) is 4.79 Å². The van der Waals surface area contributed by atoms with Crippen LogP contribution < -0.4 is 0 Å². The van der Waals surface area contributed by atoms with E-state index in [1.807, 2.05) is 11.8 Å². The predicted octanol–water partition coefficient (Wildman–Crippen LogP) is 2.86. The SMILES string of the molecule is CCSCCCCCCOC(C)=O. The molecule has 0 aliphatic carbocycles. The summed E-state index contributed by atoms with van der Waals surface area (Å²) in [6, 6.07) is 0. The molecule has 0 unspecified atom stereocenters. The van der Waals surface area contributed by atoms with Gasteiger partial charge in [0.25, 0.3) is 0 Å². The molecule has 0 N–H and O–H groups in total. The van der Waals surface area contributed by atoms with Gasteiger partial charge in [0, 0.05) is 6.92 Å². The van der Waals surface area contributed by atoms with Gasteiger partial charge in [0.1, 0.15) is 0 Å². The van der Waals surface area contributed by atoms with E-state index in [-0.39, 0.29) is 5.97 Å². The third-order valence-electron chi connectivity index (χ3n) is 1.69. The van der Waals surface area contributed by atoms with Crippen molar-refractivity contribution < 1.29 is 9.53 Å². The minimum absolute atomic E-state index is 0.165. The molecule has 0 aliphatic rings. The number of thioether (sulfide) groups is 1. The van der Waals surface area contributed by atoms with Crippen molar-refractivity contribution in [1.29, 1.82) is 0 Å². The van der Waals surface area contributed by atoms with Gasteiger partial charge in [0.2, 0.25) is 0 Å². The summed E-state index contributed by atoms with van der Waals surface area (Å²) in [5.41, 5.74) is 0. The van der Waals surface area contributed by atoms with Crippen LogP contribution in [-0.2, 0) is 9.53 Å². The Kier molecular flexibility index (Phi) is 9.77. The number of rotatable bonds is 8. The molecule has 0 saturated carbocycles. The topological polar surface area (TPSA) is 26.3 Å². The Labute approximate surface area is 85.4 Å². The van der Waals surface area contributed by atoms with Crippen molar-refractivity contribution in [2.75, 3.05) is 18.1 Å². The Bertz CT molecular complexity index is 126. The monoisotopic (exact) mass is 204 g/mol. The van der Waals surface area contributed by atoms with Gasteiger partial charge in [0.05, 0.1) is 6.61 Å². The number of carbonyl (C=O) groups is 1. The average molecular weight is 204 g/mol. The molecule has 0 fully saturated rings. The summed E-state index contributed by atoms with van der Waals surface area (Å²) in [7, 11) is 0. The number of unbranched alkanes of at least 4 members (excludes halogenated alkanes) is 3. The van der Waals surface area contributed by atoms with Crippen LogP contribution in [0.25, 0.3) is 0 Å². The van der Waals surface area contributed by atoms with E-state index in [0.717, 1.165) is 6.42 Å². The van der Waals surface area contributed by atoms with Crippen molar-refractivity contribution in [3.63, 3.8) is 0 Å². The molecule has 0 saturated heterocycles. The highest BCUT2D eigenvalue weighted by atomic mass is 32.2. The Hall–Kier alpha value is -0.180. The van der Waals surface area contributed by atoms with Gasteiger partial charge in [-0.15, -0.1) is 0 Å². The van der Waals surface area contributed by atoms with Crippen molar-refractivity contribution in [3.8, 4) is 0 Å². The molecule has 0 heterocycles. The fourth-order valence-corrected chi connectivity index (χ4v) is 1.72. The summed E-state index contributed by atoms with van der Waals surface area (Å²) < 4.78 is 4.83. The molecule has 2 nitrogen and oxygen atoms in total. The molecule has 0 amide bonds. The summed E-state index contributed by atoms with van der Waals surface area (Å²) in [4.78, 5) is 10.4. The van der Waals surface area contributed by atoms with Gasteiger partial charge in [-0.2, -0.15) is 11.8 Å². The highest BCUT2D eigenvalue weighted by molar-refractivity contribution is 7.99. The van der Waals surface area contributed by atoms with Crippen LogP contribution in [0.2, 0.25) is 0 Å². The van der Waals surface area contributed by atoms with Crippen LogP contribution in [0.5, 0.6) is 0 Å². The molecule has 0 radical (unpaired) electrons. The molecule has 0 bridgehead atoms. The quantitative estimate of drug-likeness (QED) is 0.449. The molecule has 0 aliphatic heterocycles. The van der Waals surface area contributed by atoms with Crippen LogP contribution in [-0.4, -0.2) is 24.1 Å². The summed E-state index contributed by atoms with van der Waals surface area (Å²) in [6.07, 6.45) is 4.74. The second-order valence-corrected chi connectivity index (χ2v) is 4.35. The van der Waals surface area contributed by atoms with Crippen molar-refractivity contribution >= 4 is 17.7 Å². The Balaban J connectivity index is 2.87. The first kappa shape index (κ1) is 12.8. The Morgan fingerprint density at radius 2 is 1.92 bits per heavy atom. The molecule has 78 valence electrons. The standard InChI is InChI=1S/C10H20O2S/c1-3-13-9-7-5-4-6-8-12-10(2)11/h3-9H2,1-2H3. The number of hydrogen-bond acceptors (Lipinski definition) is 3. The maximum atomic E-state index is 10.4. The maximum Gasteiger partial charge on any atom is 0.302 e. The van der Waals surface area contributed by atoms with Gasteiger partial charge >= 0.3 is 5.97 Å². The molecule has 0 aromatic carbocycles. The molecular weight excluding hydrogens is 184 g/mol. The smallest absolute Gasteiger partial charge is 0.302 e. The van der Waals surface area contributed by atoms with Crippen LogP contribution in [0.1, 0.15) is 39.5 Å². The number of esters is 1. The van der Waals surface area contributed by atoms with Crippen LogP contribution in [0.15, 0.2) is 0 Å².